The van der Waals surface area contributed by atoms with Gasteiger partial charge in [-0.2, -0.15) is 0 Å². The standard InChI is InChI=1S/C9H8IN3OS/c1-6-12-7(4-15-6)3-13-5-11-2-8(10)9(13)14/h2,4-5H,3H2,1H3. The molecule has 2 heterocycles. The van der Waals surface area contributed by atoms with Crippen LogP contribution in [0.2, 0.25) is 0 Å². The minimum absolute atomic E-state index is 0.0174. The third kappa shape index (κ3) is 2.43. The monoisotopic (exact) mass is 333 g/mol. The number of hydrogen-bond acceptors (Lipinski definition) is 4. The number of rotatable bonds is 2. The zero-order valence-electron chi connectivity index (χ0n) is 7.98. The molecule has 78 valence electrons. The van der Waals surface area contributed by atoms with Crippen LogP contribution in [0.4, 0.5) is 0 Å². The number of aromatic nitrogens is 3. The molecule has 0 amide bonds. The van der Waals surface area contributed by atoms with Crippen molar-refractivity contribution in [3.05, 3.63) is 42.5 Å². The molecule has 0 atom stereocenters. The van der Waals surface area contributed by atoms with E-state index in [9.17, 15) is 4.79 Å². The van der Waals surface area contributed by atoms with Crippen LogP contribution >= 0.6 is 33.9 Å². The summed E-state index contributed by atoms with van der Waals surface area (Å²) >= 11 is 3.57. The van der Waals surface area contributed by atoms with E-state index < -0.39 is 0 Å². The average Bonchev–Trinajstić information content (AvgIpc) is 2.59. The molecule has 0 saturated carbocycles. The highest BCUT2D eigenvalue weighted by molar-refractivity contribution is 14.1. The fourth-order valence-corrected chi connectivity index (χ4v) is 2.27. The normalized spacial score (nSPS) is 10.5. The Balaban J connectivity index is 2.32. The van der Waals surface area contributed by atoms with Crippen LogP contribution in [0.15, 0.2) is 22.7 Å². The second-order valence-electron chi connectivity index (χ2n) is 3.03. The predicted octanol–water partition coefficient (Wildman–Crippen LogP) is 1.66. The van der Waals surface area contributed by atoms with E-state index in [4.69, 9.17) is 0 Å². The lowest BCUT2D eigenvalue weighted by atomic mass is 10.4. The maximum Gasteiger partial charge on any atom is 0.267 e. The number of aryl methyl sites for hydroxylation is 1. The van der Waals surface area contributed by atoms with Crippen molar-refractivity contribution in [3.8, 4) is 0 Å². The van der Waals surface area contributed by atoms with E-state index in [1.807, 2.05) is 34.9 Å². The van der Waals surface area contributed by atoms with Crippen molar-refractivity contribution in [3.63, 3.8) is 0 Å². The number of halogens is 1. The Labute approximate surface area is 104 Å². The summed E-state index contributed by atoms with van der Waals surface area (Å²) in [4.78, 5) is 20.0. The van der Waals surface area contributed by atoms with Gasteiger partial charge in [0.15, 0.2) is 0 Å². The van der Waals surface area contributed by atoms with Crippen molar-refractivity contribution in [2.75, 3.05) is 0 Å². The Hall–Kier alpha value is -0.760. The van der Waals surface area contributed by atoms with Gasteiger partial charge in [0, 0.05) is 11.6 Å². The molecule has 15 heavy (non-hydrogen) atoms. The zero-order valence-corrected chi connectivity index (χ0v) is 10.9. The van der Waals surface area contributed by atoms with Gasteiger partial charge in [-0.05, 0) is 29.5 Å². The molecule has 4 nitrogen and oxygen atoms in total. The van der Waals surface area contributed by atoms with Crippen molar-refractivity contribution in [2.24, 2.45) is 0 Å². The Kier molecular flexibility index (Phi) is 3.15. The maximum absolute atomic E-state index is 11.7. The SMILES string of the molecule is Cc1nc(Cn2cncc(I)c2=O)cs1. The Morgan fingerprint density at radius 1 is 1.60 bits per heavy atom. The summed E-state index contributed by atoms with van der Waals surface area (Å²) in [6.45, 7) is 2.44. The molecule has 0 bridgehead atoms. The van der Waals surface area contributed by atoms with Crippen molar-refractivity contribution in [2.45, 2.75) is 13.5 Å². The lowest BCUT2D eigenvalue weighted by Gasteiger charge is -2.01. The van der Waals surface area contributed by atoms with Gasteiger partial charge in [-0.25, -0.2) is 9.97 Å². The van der Waals surface area contributed by atoms with Gasteiger partial charge in [-0.1, -0.05) is 0 Å². The van der Waals surface area contributed by atoms with E-state index in [-0.39, 0.29) is 5.56 Å². The topological polar surface area (TPSA) is 47.8 Å². The number of hydrogen-bond donors (Lipinski definition) is 0. The molecule has 2 aromatic rings. The predicted molar refractivity (Wildman–Crippen MR) is 67.2 cm³/mol. The Bertz CT molecular complexity index is 534. The van der Waals surface area contributed by atoms with Gasteiger partial charge >= 0.3 is 0 Å². The second kappa shape index (κ2) is 4.40. The molecule has 0 spiro atoms. The van der Waals surface area contributed by atoms with Crippen LogP contribution in [-0.4, -0.2) is 14.5 Å². The molecule has 6 heteroatoms. The van der Waals surface area contributed by atoms with Crippen LogP contribution < -0.4 is 5.56 Å². The summed E-state index contributed by atoms with van der Waals surface area (Å²) in [5, 5.41) is 2.97. The fourth-order valence-electron chi connectivity index (χ4n) is 1.19. The molecule has 0 saturated heterocycles. The fraction of sp³-hybridized carbons (Fsp3) is 0.222. The lowest BCUT2D eigenvalue weighted by Crippen LogP contribution is -2.23. The van der Waals surface area contributed by atoms with Gasteiger partial charge in [0.2, 0.25) is 0 Å². The molecule has 2 aromatic heterocycles. The van der Waals surface area contributed by atoms with Crippen LogP contribution in [-0.2, 0) is 6.54 Å². The van der Waals surface area contributed by atoms with Gasteiger partial charge in [-0.3, -0.25) is 9.36 Å². The summed E-state index contributed by atoms with van der Waals surface area (Å²) in [7, 11) is 0. The van der Waals surface area contributed by atoms with Gasteiger partial charge in [-0.15, -0.1) is 11.3 Å². The van der Waals surface area contributed by atoms with Gasteiger partial charge in [0.25, 0.3) is 5.56 Å². The van der Waals surface area contributed by atoms with Crippen molar-refractivity contribution < 1.29 is 0 Å². The lowest BCUT2D eigenvalue weighted by molar-refractivity contribution is 0.716. The van der Waals surface area contributed by atoms with Crippen LogP contribution in [0.1, 0.15) is 10.7 Å². The molecule has 0 radical (unpaired) electrons. The quantitative estimate of drug-likeness (QED) is 0.786. The number of nitrogens with zero attached hydrogens (tertiary/aromatic N) is 3. The first-order valence-electron chi connectivity index (χ1n) is 4.28. The first-order valence-corrected chi connectivity index (χ1v) is 6.23. The van der Waals surface area contributed by atoms with Crippen LogP contribution in [0.3, 0.4) is 0 Å². The third-order valence-electron chi connectivity index (χ3n) is 1.86. The summed E-state index contributed by atoms with van der Waals surface area (Å²) in [5.41, 5.74) is 0.889. The summed E-state index contributed by atoms with van der Waals surface area (Å²) in [6, 6.07) is 0. The summed E-state index contributed by atoms with van der Waals surface area (Å²) < 4.78 is 2.19. The van der Waals surface area contributed by atoms with Crippen molar-refractivity contribution in [1.29, 1.82) is 0 Å². The van der Waals surface area contributed by atoms with Crippen LogP contribution in [0.5, 0.6) is 0 Å². The smallest absolute Gasteiger partial charge is 0.267 e. The average molecular weight is 333 g/mol. The molecule has 0 N–H and O–H groups in total. The zero-order chi connectivity index (χ0) is 10.8. The molecule has 0 unspecified atom stereocenters. The Morgan fingerprint density at radius 2 is 2.40 bits per heavy atom. The second-order valence-corrected chi connectivity index (χ2v) is 5.26. The minimum Gasteiger partial charge on any atom is -0.292 e. The molecular weight excluding hydrogens is 325 g/mol. The number of thiazole rings is 1. The summed E-state index contributed by atoms with van der Waals surface area (Å²) in [5.74, 6) is 0. The molecular formula is C9H8IN3OS. The van der Waals surface area contributed by atoms with Crippen LogP contribution in [0, 0.1) is 10.5 Å². The first kappa shape index (κ1) is 10.7. The van der Waals surface area contributed by atoms with Gasteiger partial charge in [0.1, 0.15) is 0 Å². The largest absolute Gasteiger partial charge is 0.292 e. The molecule has 0 aliphatic carbocycles. The van der Waals surface area contributed by atoms with Gasteiger partial charge in [0.05, 0.1) is 27.1 Å². The molecule has 0 aliphatic heterocycles. The van der Waals surface area contributed by atoms with E-state index in [1.54, 1.807) is 28.4 Å². The van der Waals surface area contributed by atoms with Crippen molar-refractivity contribution >= 4 is 33.9 Å². The molecule has 2 rings (SSSR count). The van der Waals surface area contributed by atoms with Crippen LogP contribution in [0.25, 0.3) is 0 Å². The highest BCUT2D eigenvalue weighted by atomic mass is 127. The van der Waals surface area contributed by atoms with Gasteiger partial charge < -0.3 is 0 Å². The minimum atomic E-state index is -0.0174. The molecule has 0 aliphatic rings. The highest BCUT2D eigenvalue weighted by Gasteiger charge is 2.03. The van der Waals surface area contributed by atoms with E-state index in [1.165, 1.54) is 0 Å². The van der Waals surface area contributed by atoms with E-state index in [0.29, 0.717) is 10.1 Å². The van der Waals surface area contributed by atoms with E-state index >= 15 is 0 Å². The maximum atomic E-state index is 11.7. The molecule has 0 fully saturated rings. The first-order chi connectivity index (χ1) is 7.16. The third-order valence-corrected chi connectivity index (χ3v) is 3.42. The van der Waals surface area contributed by atoms with E-state index in [0.717, 1.165) is 10.7 Å². The molecule has 0 aromatic carbocycles. The Morgan fingerprint density at radius 3 is 3.07 bits per heavy atom. The van der Waals surface area contributed by atoms with E-state index in [2.05, 4.69) is 9.97 Å². The highest BCUT2D eigenvalue weighted by Crippen LogP contribution is 2.08. The van der Waals surface area contributed by atoms with Crippen molar-refractivity contribution in [1.82, 2.24) is 14.5 Å². The summed E-state index contributed by atoms with van der Waals surface area (Å²) in [6.07, 6.45) is 3.10.